The second kappa shape index (κ2) is 9.43. The van der Waals surface area contributed by atoms with Crippen LogP contribution >= 0.6 is 23.6 Å². The van der Waals surface area contributed by atoms with Crippen molar-refractivity contribution in [3.05, 3.63) is 56.3 Å². The topological polar surface area (TPSA) is 101 Å². The van der Waals surface area contributed by atoms with Crippen LogP contribution in [0, 0.1) is 6.92 Å². The van der Waals surface area contributed by atoms with Gasteiger partial charge in [-0.05, 0) is 36.8 Å². The van der Waals surface area contributed by atoms with Crippen molar-refractivity contribution in [3.63, 3.8) is 0 Å². The molecule has 0 fully saturated rings. The minimum absolute atomic E-state index is 0.0241. The molecule has 0 unspecified atom stereocenters. The summed E-state index contributed by atoms with van der Waals surface area (Å²) >= 11 is 6.27. The van der Waals surface area contributed by atoms with Gasteiger partial charge in [-0.15, -0.1) is 11.3 Å². The van der Waals surface area contributed by atoms with Gasteiger partial charge >= 0.3 is 17.8 Å². The van der Waals surface area contributed by atoms with Gasteiger partial charge in [0.2, 0.25) is 0 Å². The molecule has 0 atom stereocenters. The Labute approximate surface area is 200 Å². The molecule has 1 aromatic carbocycles. The number of carbonyl (C=O) groups excluding carboxylic acids is 2. The number of nitrogens with one attached hydrogen (secondary N) is 2. The van der Waals surface area contributed by atoms with Crippen LogP contribution in [0.2, 0.25) is 0 Å². The minimum atomic E-state index is -4.73. The van der Waals surface area contributed by atoms with Crippen LogP contribution < -0.4 is 16.3 Å². The van der Waals surface area contributed by atoms with Crippen LogP contribution in [0.25, 0.3) is 11.0 Å². The third-order valence-corrected chi connectivity index (χ3v) is 6.07. The van der Waals surface area contributed by atoms with Gasteiger partial charge in [-0.3, -0.25) is 4.79 Å². The molecule has 0 saturated heterocycles. The first-order chi connectivity index (χ1) is 15.8. The molecule has 0 radical (unpaired) electrons. The Bertz CT molecular complexity index is 1360. The molecule has 0 aliphatic heterocycles. The molecule has 0 aliphatic carbocycles. The molecular weight excluding hydrogens is 495 g/mol. The molecule has 34 heavy (non-hydrogen) atoms. The predicted molar refractivity (Wildman–Crippen MR) is 126 cm³/mol. The lowest BCUT2D eigenvalue weighted by atomic mass is 10.1. The third-order valence-electron chi connectivity index (χ3n) is 4.67. The molecular formula is C21H18F3N3O5S2. The summed E-state index contributed by atoms with van der Waals surface area (Å²) in [6.07, 6.45) is -4.73. The number of esters is 1. The normalized spacial score (nSPS) is 11.3. The number of alkyl halides is 3. The van der Waals surface area contributed by atoms with Gasteiger partial charge < -0.3 is 24.7 Å². The van der Waals surface area contributed by atoms with Crippen molar-refractivity contribution in [3.8, 4) is 0 Å². The number of carbonyl (C=O) groups is 2. The van der Waals surface area contributed by atoms with E-state index in [4.69, 9.17) is 21.4 Å². The second-order valence-electron chi connectivity index (χ2n) is 7.22. The van der Waals surface area contributed by atoms with E-state index in [1.165, 1.54) is 24.1 Å². The highest BCUT2D eigenvalue weighted by atomic mass is 32.1. The van der Waals surface area contributed by atoms with Crippen molar-refractivity contribution in [1.82, 2.24) is 4.90 Å². The van der Waals surface area contributed by atoms with Gasteiger partial charge in [-0.1, -0.05) is 0 Å². The van der Waals surface area contributed by atoms with Crippen LogP contribution in [0.15, 0.2) is 33.5 Å². The zero-order chi connectivity index (χ0) is 25.4. The fourth-order valence-corrected chi connectivity index (χ4v) is 4.60. The van der Waals surface area contributed by atoms with E-state index in [1.54, 1.807) is 21.0 Å². The standard InChI is InChI=1S/C21H18F3N3O5S2/c1-9-15(19(30)31-4)17(34-16(9)18(29)27(2)3)26-20(33)25-10-5-6-11-12(21(22,23)24)8-14(28)32-13(11)7-10/h5-8H,1-4H3,(H2,25,26,33). The number of ether oxygens (including phenoxy) is 1. The lowest BCUT2D eigenvalue weighted by Gasteiger charge is -2.12. The molecule has 180 valence electrons. The highest BCUT2D eigenvalue weighted by molar-refractivity contribution is 7.80. The number of halogens is 3. The summed E-state index contributed by atoms with van der Waals surface area (Å²) in [5.74, 6) is -0.992. The van der Waals surface area contributed by atoms with Crippen molar-refractivity contribution in [2.75, 3.05) is 31.8 Å². The molecule has 2 N–H and O–H groups in total. The van der Waals surface area contributed by atoms with Crippen LogP contribution in [0.1, 0.15) is 31.2 Å². The average Bonchev–Trinajstić information content (AvgIpc) is 3.06. The van der Waals surface area contributed by atoms with Crippen molar-refractivity contribution >= 4 is 62.2 Å². The maximum absolute atomic E-state index is 13.2. The van der Waals surface area contributed by atoms with Gasteiger partial charge in [-0.2, -0.15) is 13.2 Å². The monoisotopic (exact) mass is 513 g/mol. The molecule has 3 rings (SSSR count). The van der Waals surface area contributed by atoms with Crippen molar-refractivity contribution in [1.29, 1.82) is 0 Å². The number of thiophene rings is 1. The van der Waals surface area contributed by atoms with E-state index in [2.05, 4.69) is 10.6 Å². The van der Waals surface area contributed by atoms with E-state index in [9.17, 15) is 27.6 Å². The van der Waals surface area contributed by atoms with E-state index in [0.717, 1.165) is 17.4 Å². The van der Waals surface area contributed by atoms with E-state index in [1.807, 2.05) is 0 Å². The summed E-state index contributed by atoms with van der Waals surface area (Å²) in [7, 11) is 4.34. The number of benzene rings is 1. The summed E-state index contributed by atoms with van der Waals surface area (Å²) in [4.78, 5) is 38.0. The fourth-order valence-electron chi connectivity index (χ4n) is 3.10. The van der Waals surface area contributed by atoms with Gasteiger partial charge in [0, 0.05) is 37.3 Å². The highest BCUT2D eigenvalue weighted by Gasteiger charge is 2.34. The summed E-state index contributed by atoms with van der Waals surface area (Å²) in [6.45, 7) is 1.60. The highest BCUT2D eigenvalue weighted by Crippen LogP contribution is 2.36. The lowest BCUT2D eigenvalue weighted by Crippen LogP contribution is -2.21. The van der Waals surface area contributed by atoms with Gasteiger partial charge in [-0.25, -0.2) is 9.59 Å². The molecule has 2 aromatic heterocycles. The Hall–Kier alpha value is -3.45. The predicted octanol–water partition coefficient (Wildman–Crippen LogP) is 4.48. The number of thiocarbonyl (C=S) groups is 1. The third kappa shape index (κ3) is 5.04. The number of methoxy groups -OCH3 is 1. The Morgan fingerprint density at radius 3 is 2.44 bits per heavy atom. The Kier molecular flexibility index (Phi) is 6.98. The zero-order valence-corrected chi connectivity index (χ0v) is 19.9. The van der Waals surface area contributed by atoms with Crippen molar-refractivity contribution < 1.29 is 31.9 Å². The number of amides is 1. The van der Waals surface area contributed by atoms with Gasteiger partial charge in [0.05, 0.1) is 23.1 Å². The van der Waals surface area contributed by atoms with Gasteiger partial charge in [0.1, 0.15) is 10.6 Å². The van der Waals surface area contributed by atoms with E-state index >= 15 is 0 Å². The summed E-state index contributed by atoms with van der Waals surface area (Å²) in [5, 5.41) is 5.52. The quantitative estimate of drug-likeness (QED) is 0.299. The second-order valence-corrected chi connectivity index (χ2v) is 8.65. The van der Waals surface area contributed by atoms with Crippen LogP contribution in [0.4, 0.5) is 23.9 Å². The van der Waals surface area contributed by atoms with Crippen molar-refractivity contribution in [2.24, 2.45) is 0 Å². The van der Waals surface area contributed by atoms with Crippen LogP contribution in [0.3, 0.4) is 0 Å². The molecule has 0 bridgehead atoms. The van der Waals surface area contributed by atoms with Crippen LogP contribution in [-0.4, -0.2) is 43.1 Å². The van der Waals surface area contributed by atoms with Gasteiger partial charge in [0.15, 0.2) is 5.11 Å². The number of fused-ring (bicyclic) bond motifs is 1. The largest absolute Gasteiger partial charge is 0.465 e. The lowest BCUT2D eigenvalue weighted by molar-refractivity contribution is -0.136. The summed E-state index contributed by atoms with van der Waals surface area (Å²) in [5.41, 5.74) is -1.78. The summed E-state index contributed by atoms with van der Waals surface area (Å²) < 4.78 is 49.4. The van der Waals surface area contributed by atoms with Crippen LogP contribution in [0.5, 0.6) is 0 Å². The van der Waals surface area contributed by atoms with Gasteiger partial charge in [0.25, 0.3) is 5.91 Å². The van der Waals surface area contributed by atoms with Crippen molar-refractivity contribution in [2.45, 2.75) is 13.1 Å². The Morgan fingerprint density at radius 2 is 1.85 bits per heavy atom. The maximum Gasteiger partial charge on any atom is 0.417 e. The molecule has 2 heterocycles. The average molecular weight is 514 g/mol. The number of hydrogen-bond donors (Lipinski definition) is 2. The summed E-state index contributed by atoms with van der Waals surface area (Å²) in [6, 6.07) is 4.06. The molecule has 13 heteroatoms. The number of hydrogen-bond acceptors (Lipinski definition) is 7. The Morgan fingerprint density at radius 1 is 1.18 bits per heavy atom. The number of rotatable bonds is 4. The van der Waals surface area contributed by atoms with E-state index in [-0.39, 0.29) is 38.2 Å². The molecule has 0 spiro atoms. The first-order valence-corrected chi connectivity index (χ1v) is 10.7. The first-order valence-electron chi connectivity index (χ1n) is 9.50. The fraction of sp³-hybridized carbons (Fsp3) is 0.238. The zero-order valence-electron chi connectivity index (χ0n) is 18.2. The van der Waals surface area contributed by atoms with E-state index in [0.29, 0.717) is 16.5 Å². The number of anilines is 2. The van der Waals surface area contributed by atoms with Crippen LogP contribution in [-0.2, 0) is 10.9 Å². The SMILES string of the molecule is COC(=O)c1c(NC(=S)Nc2ccc3c(C(F)(F)F)cc(=O)oc3c2)sc(C(=O)N(C)C)c1C. The molecule has 0 saturated carbocycles. The Balaban J connectivity index is 1.93. The molecule has 0 aliphatic rings. The number of nitrogens with zero attached hydrogens (tertiary/aromatic N) is 1. The minimum Gasteiger partial charge on any atom is -0.465 e. The van der Waals surface area contributed by atoms with E-state index < -0.39 is 23.3 Å². The molecule has 8 nitrogen and oxygen atoms in total. The first kappa shape index (κ1) is 25.2. The maximum atomic E-state index is 13.2. The molecule has 3 aromatic rings. The smallest absolute Gasteiger partial charge is 0.417 e. The molecule has 1 amide bonds.